The van der Waals surface area contributed by atoms with Crippen LogP contribution in [0.1, 0.15) is 18.4 Å². The molecule has 1 aliphatic carbocycles. The van der Waals surface area contributed by atoms with Gasteiger partial charge < -0.3 is 9.84 Å². The van der Waals surface area contributed by atoms with Gasteiger partial charge in [-0.3, -0.25) is 15.6 Å². The monoisotopic (exact) mass is 337 g/mol. The lowest BCUT2D eigenvalue weighted by molar-refractivity contribution is -0.129. The van der Waals surface area contributed by atoms with Crippen LogP contribution in [0.5, 0.6) is 5.75 Å². The fourth-order valence-corrected chi connectivity index (χ4v) is 5.56. The van der Waals surface area contributed by atoms with E-state index in [2.05, 4.69) is 22.5 Å². The third-order valence-electron chi connectivity index (χ3n) is 6.80. The molecular weight excluding hydrogens is 314 g/mol. The van der Waals surface area contributed by atoms with Crippen LogP contribution in [0.4, 0.5) is 0 Å². The lowest BCUT2D eigenvalue weighted by Gasteiger charge is -2.54. The third kappa shape index (κ3) is 1.76. The molecule has 1 aromatic heterocycles. The molecular formula is C20H23N3O2. The predicted molar refractivity (Wildman–Crippen MR) is 96.0 cm³/mol. The van der Waals surface area contributed by atoms with Crippen molar-refractivity contribution in [2.24, 2.45) is 17.6 Å². The van der Waals surface area contributed by atoms with Gasteiger partial charge in [-0.15, -0.1) is 6.58 Å². The Hall–Kier alpha value is -1.95. The summed E-state index contributed by atoms with van der Waals surface area (Å²) in [7, 11) is 1.63. The largest absolute Gasteiger partial charge is 0.497 e. The maximum absolute atomic E-state index is 11.3. The predicted octanol–water partition coefficient (Wildman–Crippen LogP) is 2.00. The second kappa shape index (κ2) is 4.81. The van der Waals surface area contributed by atoms with E-state index in [1.54, 1.807) is 13.3 Å². The number of pyridine rings is 1. The number of nitrogens with zero attached hydrogens (tertiary/aromatic N) is 2. The van der Waals surface area contributed by atoms with Crippen LogP contribution < -0.4 is 10.5 Å². The van der Waals surface area contributed by atoms with Crippen LogP contribution in [0.2, 0.25) is 0 Å². The number of fused-ring (bicyclic) bond motifs is 1. The van der Waals surface area contributed by atoms with Crippen molar-refractivity contribution in [2.75, 3.05) is 13.7 Å². The molecule has 2 aromatic rings. The van der Waals surface area contributed by atoms with Crippen LogP contribution in [0, 0.1) is 11.8 Å². The van der Waals surface area contributed by atoms with Crippen LogP contribution >= 0.6 is 0 Å². The molecule has 1 saturated carbocycles. The number of benzene rings is 1. The van der Waals surface area contributed by atoms with Gasteiger partial charge in [0, 0.05) is 22.7 Å². The summed E-state index contributed by atoms with van der Waals surface area (Å²) in [6, 6.07) is 7.44. The van der Waals surface area contributed by atoms with Crippen molar-refractivity contribution in [2.45, 2.75) is 30.1 Å². The fourth-order valence-electron chi connectivity index (χ4n) is 5.56. The van der Waals surface area contributed by atoms with E-state index < -0.39 is 5.72 Å². The number of aliphatic hydroxyl groups is 1. The van der Waals surface area contributed by atoms with Gasteiger partial charge in [0.25, 0.3) is 0 Å². The van der Waals surface area contributed by atoms with E-state index in [4.69, 9.17) is 10.5 Å². The highest BCUT2D eigenvalue weighted by Gasteiger charge is 2.78. The van der Waals surface area contributed by atoms with E-state index in [1.807, 2.05) is 24.3 Å². The number of aromatic nitrogens is 1. The first kappa shape index (κ1) is 15.3. The minimum absolute atomic E-state index is 0.0701. The molecule has 5 rings (SSSR count). The number of nitrogens with two attached hydrogens (primary N) is 1. The Morgan fingerprint density at radius 3 is 3.04 bits per heavy atom. The number of piperidine rings is 1. The van der Waals surface area contributed by atoms with E-state index in [-0.39, 0.29) is 11.6 Å². The van der Waals surface area contributed by atoms with Crippen molar-refractivity contribution in [1.29, 1.82) is 0 Å². The minimum atomic E-state index is -1.41. The number of hydrogen-bond acceptors (Lipinski definition) is 5. The first-order valence-corrected chi connectivity index (χ1v) is 8.88. The summed E-state index contributed by atoms with van der Waals surface area (Å²) in [5.74, 6) is 1.99. The Labute approximate surface area is 147 Å². The molecule has 5 nitrogen and oxygen atoms in total. The highest BCUT2D eigenvalue weighted by molar-refractivity contribution is 5.84. The Morgan fingerprint density at radius 1 is 1.48 bits per heavy atom. The highest BCUT2D eigenvalue weighted by Crippen LogP contribution is 2.71. The normalized spacial score (nSPS) is 35.4. The summed E-state index contributed by atoms with van der Waals surface area (Å²) in [5.41, 5.74) is 6.88. The van der Waals surface area contributed by atoms with Gasteiger partial charge in [-0.1, -0.05) is 6.08 Å². The number of ether oxygens (including phenoxy) is 1. The fraction of sp³-hybridized carbons (Fsp3) is 0.450. The second-order valence-corrected chi connectivity index (χ2v) is 7.63. The van der Waals surface area contributed by atoms with Crippen LogP contribution in [-0.2, 0) is 5.72 Å². The van der Waals surface area contributed by atoms with E-state index in [1.165, 1.54) is 6.42 Å². The van der Waals surface area contributed by atoms with E-state index in [9.17, 15) is 5.11 Å². The van der Waals surface area contributed by atoms with Crippen molar-refractivity contribution < 1.29 is 9.84 Å². The Balaban J connectivity index is 1.55. The molecule has 3 fully saturated rings. The maximum atomic E-state index is 11.3. The van der Waals surface area contributed by atoms with Gasteiger partial charge in [0.2, 0.25) is 0 Å². The van der Waals surface area contributed by atoms with Gasteiger partial charge in [-0.2, -0.15) is 0 Å². The molecule has 0 bridgehead atoms. The summed E-state index contributed by atoms with van der Waals surface area (Å²) >= 11 is 0. The third-order valence-corrected chi connectivity index (χ3v) is 6.80. The van der Waals surface area contributed by atoms with Gasteiger partial charge in [-0.25, -0.2) is 0 Å². The molecule has 3 N–H and O–H groups in total. The first-order valence-electron chi connectivity index (χ1n) is 8.88. The Bertz CT molecular complexity index is 880. The summed E-state index contributed by atoms with van der Waals surface area (Å²) in [4.78, 5) is 6.81. The summed E-state index contributed by atoms with van der Waals surface area (Å²) in [6.45, 7) is 4.99. The zero-order valence-electron chi connectivity index (χ0n) is 14.4. The Morgan fingerprint density at radius 2 is 2.32 bits per heavy atom. The molecule has 0 radical (unpaired) electrons. The minimum Gasteiger partial charge on any atom is -0.497 e. The zero-order valence-corrected chi connectivity index (χ0v) is 14.4. The summed E-state index contributed by atoms with van der Waals surface area (Å²) in [6.07, 6.45) is 5.89. The quantitative estimate of drug-likeness (QED) is 0.659. The number of rotatable bonds is 4. The Kier molecular flexibility index (Phi) is 2.95. The van der Waals surface area contributed by atoms with Crippen LogP contribution in [0.15, 0.2) is 43.1 Å². The summed E-state index contributed by atoms with van der Waals surface area (Å²) < 4.78 is 5.34. The lowest BCUT2D eigenvalue weighted by Crippen LogP contribution is -2.68. The first-order chi connectivity index (χ1) is 12.0. The highest BCUT2D eigenvalue weighted by atomic mass is 16.5. The second-order valence-electron chi connectivity index (χ2n) is 7.63. The average Bonchev–Trinajstić information content (AvgIpc) is 3.19. The van der Waals surface area contributed by atoms with Crippen molar-refractivity contribution >= 4 is 10.9 Å². The topological polar surface area (TPSA) is 71.6 Å². The molecule has 2 aliphatic heterocycles. The standard InChI is InChI=1S/C20H23N3O2/c1-3-14-16-7-9-23-18(11-19(14,16)23)20(21,24)15-6-8-22-17-5-4-12(25-2)10-13(15)17/h3-6,8,10,14,16,18,24H,1,7,9,11,21H2,2H3/t14-,16?,18?,19?,20?/m1/s1. The van der Waals surface area contributed by atoms with E-state index in [0.29, 0.717) is 11.8 Å². The average molecular weight is 337 g/mol. The van der Waals surface area contributed by atoms with Crippen LogP contribution in [-0.4, -0.2) is 40.2 Å². The van der Waals surface area contributed by atoms with Gasteiger partial charge in [0.15, 0.2) is 5.72 Å². The van der Waals surface area contributed by atoms with E-state index in [0.717, 1.165) is 35.2 Å². The maximum Gasteiger partial charge on any atom is 0.156 e. The molecule has 5 atom stereocenters. The van der Waals surface area contributed by atoms with Crippen LogP contribution in [0.25, 0.3) is 10.9 Å². The van der Waals surface area contributed by atoms with Crippen molar-refractivity contribution in [3.05, 3.63) is 48.7 Å². The summed E-state index contributed by atoms with van der Waals surface area (Å²) in [5, 5.41) is 12.2. The van der Waals surface area contributed by atoms with Crippen molar-refractivity contribution in [1.82, 2.24) is 9.88 Å². The van der Waals surface area contributed by atoms with Crippen molar-refractivity contribution in [3.8, 4) is 5.75 Å². The SMILES string of the molecule is C=C[C@@H]1C2CCN3C(C(N)(O)c4ccnc5ccc(OC)cc45)CC213. The molecule has 25 heavy (non-hydrogen) atoms. The lowest BCUT2D eigenvalue weighted by atomic mass is 9.79. The van der Waals surface area contributed by atoms with Gasteiger partial charge in [0.05, 0.1) is 18.7 Å². The molecule has 3 aliphatic rings. The smallest absolute Gasteiger partial charge is 0.156 e. The van der Waals surface area contributed by atoms with Crippen LogP contribution in [0.3, 0.4) is 0 Å². The van der Waals surface area contributed by atoms with Crippen molar-refractivity contribution in [3.63, 3.8) is 0 Å². The van der Waals surface area contributed by atoms with Gasteiger partial charge in [0.1, 0.15) is 5.75 Å². The van der Waals surface area contributed by atoms with Gasteiger partial charge in [-0.05, 0) is 55.5 Å². The molecule has 3 heterocycles. The number of hydrogen-bond donors (Lipinski definition) is 2. The molecule has 130 valence electrons. The molecule has 1 aromatic carbocycles. The molecule has 1 spiro atoms. The molecule has 0 amide bonds. The van der Waals surface area contributed by atoms with E-state index >= 15 is 0 Å². The molecule has 4 unspecified atom stereocenters. The molecule has 5 heteroatoms. The number of methoxy groups -OCH3 is 1. The van der Waals surface area contributed by atoms with Gasteiger partial charge >= 0.3 is 0 Å². The zero-order chi connectivity index (χ0) is 17.4. The molecule has 2 saturated heterocycles.